The number of amides is 1. The molecule has 0 aromatic heterocycles. The fraction of sp³-hybridized carbons (Fsp3) is 0.240. The summed E-state index contributed by atoms with van der Waals surface area (Å²) >= 11 is 1.84. The molecule has 5 nitrogen and oxygen atoms in total. The average molecular weight is 435 g/mol. The number of nitrogens with zero attached hydrogens (tertiary/aromatic N) is 1. The molecule has 4 rings (SSSR count). The van der Waals surface area contributed by atoms with Crippen molar-refractivity contribution in [3.05, 3.63) is 83.4 Å². The Bertz CT molecular complexity index is 1060. The Labute approximate surface area is 187 Å². The summed E-state index contributed by atoms with van der Waals surface area (Å²) in [6.07, 6.45) is 0. The van der Waals surface area contributed by atoms with Gasteiger partial charge in [0.15, 0.2) is 11.5 Å². The number of methoxy groups -OCH3 is 2. The molecule has 1 heterocycles. The number of thioether (sulfide) groups is 1. The van der Waals surface area contributed by atoms with Crippen LogP contribution in [0.4, 0.5) is 5.69 Å². The zero-order valence-corrected chi connectivity index (χ0v) is 18.6. The van der Waals surface area contributed by atoms with Crippen molar-refractivity contribution in [2.24, 2.45) is 0 Å². The third-order valence-corrected chi connectivity index (χ3v) is 6.36. The second-order valence-corrected chi connectivity index (χ2v) is 8.41. The maximum Gasteiger partial charge on any atom is 0.251 e. The summed E-state index contributed by atoms with van der Waals surface area (Å²) in [6, 6.07) is 22.0. The van der Waals surface area contributed by atoms with Crippen molar-refractivity contribution in [3.8, 4) is 11.5 Å². The molecule has 1 aliphatic heterocycles. The van der Waals surface area contributed by atoms with E-state index < -0.39 is 0 Å². The molecule has 0 fully saturated rings. The van der Waals surface area contributed by atoms with E-state index in [9.17, 15) is 4.79 Å². The van der Waals surface area contributed by atoms with Crippen LogP contribution in [0.1, 0.15) is 21.5 Å². The Balaban J connectivity index is 1.50. The monoisotopic (exact) mass is 434 g/mol. The van der Waals surface area contributed by atoms with Crippen LogP contribution in [0.5, 0.6) is 11.5 Å². The maximum absolute atomic E-state index is 12.9. The Hall–Kier alpha value is -3.12. The van der Waals surface area contributed by atoms with Crippen molar-refractivity contribution >= 4 is 23.4 Å². The number of benzene rings is 3. The topological polar surface area (TPSA) is 50.8 Å². The number of hydrogen-bond acceptors (Lipinski definition) is 5. The van der Waals surface area contributed by atoms with Crippen LogP contribution in [0.25, 0.3) is 0 Å². The zero-order valence-electron chi connectivity index (χ0n) is 17.8. The lowest BCUT2D eigenvalue weighted by Gasteiger charge is -2.31. The molecule has 0 spiro atoms. The van der Waals surface area contributed by atoms with E-state index in [1.54, 1.807) is 14.2 Å². The lowest BCUT2D eigenvalue weighted by Crippen LogP contribution is -2.29. The molecule has 0 saturated heterocycles. The van der Waals surface area contributed by atoms with Crippen molar-refractivity contribution in [1.82, 2.24) is 5.32 Å². The van der Waals surface area contributed by atoms with E-state index in [0.29, 0.717) is 23.6 Å². The van der Waals surface area contributed by atoms with Crippen molar-refractivity contribution in [2.45, 2.75) is 18.0 Å². The molecule has 0 unspecified atom stereocenters. The van der Waals surface area contributed by atoms with Gasteiger partial charge >= 0.3 is 0 Å². The Morgan fingerprint density at radius 1 is 1.03 bits per heavy atom. The van der Waals surface area contributed by atoms with Crippen LogP contribution in [0.15, 0.2) is 71.6 Å². The largest absolute Gasteiger partial charge is 0.493 e. The third-order valence-electron chi connectivity index (χ3n) is 5.32. The van der Waals surface area contributed by atoms with Gasteiger partial charge in [0.25, 0.3) is 5.91 Å². The van der Waals surface area contributed by atoms with Crippen molar-refractivity contribution in [3.63, 3.8) is 0 Å². The van der Waals surface area contributed by atoms with Crippen LogP contribution >= 0.6 is 11.8 Å². The second-order valence-electron chi connectivity index (χ2n) is 7.27. The molecule has 6 heteroatoms. The number of hydrogen-bond donors (Lipinski definition) is 1. The van der Waals surface area contributed by atoms with Gasteiger partial charge in [-0.1, -0.05) is 42.5 Å². The van der Waals surface area contributed by atoms with E-state index in [0.717, 1.165) is 30.1 Å². The lowest BCUT2D eigenvalue weighted by atomic mass is 10.1. The first-order valence-corrected chi connectivity index (χ1v) is 11.2. The average Bonchev–Trinajstić information content (AvgIpc) is 2.82. The molecule has 1 aliphatic rings. The lowest BCUT2D eigenvalue weighted by molar-refractivity contribution is 0.0950. The van der Waals surface area contributed by atoms with Gasteiger partial charge in [0.05, 0.1) is 19.9 Å². The maximum atomic E-state index is 12.9. The van der Waals surface area contributed by atoms with Gasteiger partial charge < -0.3 is 19.7 Å². The molecule has 3 aromatic carbocycles. The highest BCUT2D eigenvalue weighted by Crippen LogP contribution is 2.36. The predicted octanol–water partition coefficient (Wildman–Crippen LogP) is 4.75. The predicted molar refractivity (Wildman–Crippen MR) is 125 cm³/mol. The standard InChI is InChI=1S/C25H26N2O3S/c1-29-22-10-6-9-20(24(22)30-2)16-26-25(28)19-11-12-23-21(15-19)27(13-14-31-23)17-18-7-4-3-5-8-18/h3-12,15H,13-14,16-17H2,1-2H3,(H,26,28). The molecule has 0 atom stereocenters. The van der Waals surface area contributed by atoms with Crippen molar-refractivity contribution < 1.29 is 14.3 Å². The second kappa shape index (κ2) is 9.79. The molecule has 0 radical (unpaired) electrons. The number of para-hydroxylation sites is 1. The quantitative estimate of drug-likeness (QED) is 0.582. The van der Waals surface area contributed by atoms with E-state index in [-0.39, 0.29) is 5.91 Å². The number of rotatable bonds is 7. The highest BCUT2D eigenvalue weighted by Gasteiger charge is 2.20. The van der Waals surface area contributed by atoms with Crippen LogP contribution in [0.2, 0.25) is 0 Å². The minimum atomic E-state index is -0.108. The van der Waals surface area contributed by atoms with Crippen LogP contribution in [-0.2, 0) is 13.1 Å². The zero-order chi connectivity index (χ0) is 21.6. The van der Waals surface area contributed by atoms with Crippen LogP contribution in [0, 0.1) is 0 Å². The van der Waals surface area contributed by atoms with Gasteiger partial charge in [0, 0.05) is 41.4 Å². The summed E-state index contributed by atoms with van der Waals surface area (Å²) in [5, 5.41) is 3.01. The Morgan fingerprint density at radius 3 is 2.65 bits per heavy atom. The Morgan fingerprint density at radius 2 is 1.87 bits per heavy atom. The van der Waals surface area contributed by atoms with Gasteiger partial charge in [-0.05, 0) is 29.8 Å². The van der Waals surface area contributed by atoms with E-state index in [1.807, 2.05) is 48.2 Å². The van der Waals surface area contributed by atoms with E-state index in [2.05, 4.69) is 40.5 Å². The van der Waals surface area contributed by atoms with E-state index in [4.69, 9.17) is 9.47 Å². The minimum Gasteiger partial charge on any atom is -0.493 e. The third kappa shape index (κ3) is 4.80. The summed E-state index contributed by atoms with van der Waals surface area (Å²) in [5.74, 6) is 2.22. The molecular weight excluding hydrogens is 408 g/mol. The van der Waals surface area contributed by atoms with Crippen LogP contribution in [-0.4, -0.2) is 32.4 Å². The first kappa shape index (κ1) is 21.1. The van der Waals surface area contributed by atoms with E-state index >= 15 is 0 Å². The normalized spacial score (nSPS) is 12.8. The smallest absolute Gasteiger partial charge is 0.251 e. The summed E-state index contributed by atoms with van der Waals surface area (Å²) in [7, 11) is 3.21. The first-order valence-electron chi connectivity index (χ1n) is 10.2. The molecule has 160 valence electrons. The van der Waals surface area contributed by atoms with Crippen LogP contribution in [0.3, 0.4) is 0 Å². The molecule has 0 bridgehead atoms. The summed E-state index contributed by atoms with van der Waals surface area (Å²) in [4.78, 5) is 16.5. The molecule has 1 amide bonds. The number of fused-ring (bicyclic) bond motifs is 1. The molecule has 3 aromatic rings. The number of nitrogens with one attached hydrogen (secondary N) is 1. The summed E-state index contributed by atoms with van der Waals surface area (Å²) in [5.41, 5.74) is 3.91. The van der Waals surface area contributed by atoms with Gasteiger partial charge in [0.1, 0.15) is 0 Å². The number of carbonyl (C=O) groups is 1. The molecule has 31 heavy (non-hydrogen) atoms. The van der Waals surface area contributed by atoms with Gasteiger partial charge in [-0.2, -0.15) is 0 Å². The van der Waals surface area contributed by atoms with Gasteiger partial charge in [-0.25, -0.2) is 0 Å². The Kier molecular flexibility index (Phi) is 6.67. The van der Waals surface area contributed by atoms with Gasteiger partial charge in [-0.3, -0.25) is 4.79 Å². The van der Waals surface area contributed by atoms with Crippen molar-refractivity contribution in [2.75, 3.05) is 31.4 Å². The van der Waals surface area contributed by atoms with E-state index in [1.165, 1.54) is 10.5 Å². The molecule has 0 aliphatic carbocycles. The number of carbonyl (C=O) groups excluding carboxylic acids is 1. The number of anilines is 1. The number of ether oxygens (including phenoxy) is 2. The van der Waals surface area contributed by atoms with Gasteiger partial charge in [0.2, 0.25) is 0 Å². The molecule has 1 N–H and O–H groups in total. The minimum absolute atomic E-state index is 0.108. The molecule has 0 saturated carbocycles. The summed E-state index contributed by atoms with van der Waals surface area (Å²) in [6.45, 7) is 2.15. The first-order chi connectivity index (χ1) is 15.2. The highest BCUT2D eigenvalue weighted by molar-refractivity contribution is 7.99. The highest BCUT2D eigenvalue weighted by atomic mass is 32.2. The fourth-order valence-corrected chi connectivity index (χ4v) is 4.78. The van der Waals surface area contributed by atoms with Crippen LogP contribution < -0.4 is 19.7 Å². The molecular formula is C25H26N2O3S. The SMILES string of the molecule is COc1cccc(CNC(=O)c2ccc3c(c2)N(Cc2ccccc2)CCS3)c1OC. The van der Waals surface area contributed by atoms with Gasteiger partial charge in [-0.15, -0.1) is 11.8 Å². The summed E-state index contributed by atoms with van der Waals surface area (Å²) < 4.78 is 10.8. The fourth-order valence-electron chi connectivity index (χ4n) is 3.75. The van der Waals surface area contributed by atoms with Crippen molar-refractivity contribution in [1.29, 1.82) is 0 Å².